The molecule has 0 unspecified atom stereocenters. The Morgan fingerprint density at radius 3 is 3.06 bits per heavy atom. The minimum atomic E-state index is -0.273. The SMILES string of the molecule is O=C(NOC1CCCC1)c1cnn2ccncc12. The molecule has 1 aliphatic carbocycles. The molecule has 0 saturated heterocycles. The Morgan fingerprint density at radius 1 is 1.39 bits per heavy atom. The summed E-state index contributed by atoms with van der Waals surface area (Å²) >= 11 is 0. The zero-order valence-electron chi connectivity index (χ0n) is 9.87. The van der Waals surface area contributed by atoms with Crippen molar-refractivity contribution in [2.45, 2.75) is 31.8 Å². The lowest BCUT2D eigenvalue weighted by molar-refractivity contribution is -0.0123. The highest BCUT2D eigenvalue weighted by Crippen LogP contribution is 2.20. The molecule has 3 rings (SSSR count). The van der Waals surface area contributed by atoms with Gasteiger partial charge in [0.05, 0.1) is 29.6 Å². The monoisotopic (exact) mass is 246 g/mol. The van der Waals surface area contributed by atoms with E-state index in [0.29, 0.717) is 11.1 Å². The summed E-state index contributed by atoms with van der Waals surface area (Å²) in [6.07, 6.45) is 11.0. The van der Waals surface area contributed by atoms with Gasteiger partial charge >= 0.3 is 0 Å². The van der Waals surface area contributed by atoms with Crippen LogP contribution >= 0.6 is 0 Å². The van der Waals surface area contributed by atoms with Crippen LogP contribution < -0.4 is 5.48 Å². The highest BCUT2D eigenvalue weighted by atomic mass is 16.7. The van der Waals surface area contributed by atoms with Crippen LogP contribution in [0, 0.1) is 0 Å². The van der Waals surface area contributed by atoms with Gasteiger partial charge in [0.15, 0.2) is 0 Å². The van der Waals surface area contributed by atoms with E-state index < -0.39 is 0 Å². The highest BCUT2D eigenvalue weighted by molar-refractivity contribution is 5.99. The molecule has 6 heteroatoms. The first kappa shape index (κ1) is 11.2. The summed E-state index contributed by atoms with van der Waals surface area (Å²) in [7, 11) is 0. The van der Waals surface area contributed by atoms with Crippen LogP contribution in [0.2, 0.25) is 0 Å². The van der Waals surface area contributed by atoms with E-state index in [9.17, 15) is 4.79 Å². The van der Waals surface area contributed by atoms with E-state index in [1.807, 2.05) is 0 Å². The minimum Gasteiger partial charge on any atom is -0.270 e. The first-order valence-corrected chi connectivity index (χ1v) is 6.08. The third-order valence-corrected chi connectivity index (χ3v) is 3.19. The van der Waals surface area contributed by atoms with Crippen molar-refractivity contribution in [3.63, 3.8) is 0 Å². The van der Waals surface area contributed by atoms with Crippen LogP contribution in [0.25, 0.3) is 5.52 Å². The average Bonchev–Trinajstić information content (AvgIpc) is 3.05. The van der Waals surface area contributed by atoms with Gasteiger partial charge in [-0.05, 0) is 12.8 Å². The van der Waals surface area contributed by atoms with Crippen molar-refractivity contribution < 1.29 is 9.63 Å². The minimum absolute atomic E-state index is 0.147. The fourth-order valence-corrected chi connectivity index (χ4v) is 2.21. The maximum Gasteiger partial charge on any atom is 0.278 e. The van der Waals surface area contributed by atoms with Crippen molar-refractivity contribution in [2.24, 2.45) is 0 Å². The fourth-order valence-electron chi connectivity index (χ4n) is 2.21. The molecular formula is C12H14N4O2. The number of hydroxylamine groups is 1. The molecule has 1 fully saturated rings. The number of fused-ring (bicyclic) bond motifs is 1. The van der Waals surface area contributed by atoms with Crippen LogP contribution in [0.5, 0.6) is 0 Å². The van der Waals surface area contributed by atoms with E-state index in [2.05, 4.69) is 15.6 Å². The Kier molecular flexibility index (Phi) is 2.93. The van der Waals surface area contributed by atoms with Gasteiger partial charge in [-0.3, -0.25) is 14.6 Å². The molecule has 1 amide bonds. The normalized spacial score (nSPS) is 16.2. The summed E-state index contributed by atoms with van der Waals surface area (Å²) in [4.78, 5) is 21.3. The van der Waals surface area contributed by atoms with Gasteiger partial charge in [-0.15, -0.1) is 0 Å². The summed E-state index contributed by atoms with van der Waals surface area (Å²) in [5.74, 6) is -0.273. The van der Waals surface area contributed by atoms with Crippen molar-refractivity contribution in [1.29, 1.82) is 0 Å². The Bertz CT molecular complexity index is 560. The number of hydrogen-bond donors (Lipinski definition) is 1. The number of nitrogens with one attached hydrogen (secondary N) is 1. The van der Waals surface area contributed by atoms with E-state index in [1.54, 1.807) is 23.1 Å². The third-order valence-electron chi connectivity index (χ3n) is 3.19. The molecular weight excluding hydrogens is 232 g/mol. The molecule has 6 nitrogen and oxygen atoms in total. The lowest BCUT2D eigenvalue weighted by Gasteiger charge is -2.10. The van der Waals surface area contributed by atoms with Gasteiger partial charge in [-0.2, -0.15) is 5.10 Å². The number of nitrogens with zero attached hydrogens (tertiary/aromatic N) is 3. The quantitative estimate of drug-likeness (QED) is 0.830. The predicted octanol–water partition coefficient (Wildman–Crippen LogP) is 1.33. The van der Waals surface area contributed by atoms with Crippen LogP contribution in [0.4, 0.5) is 0 Å². The summed E-state index contributed by atoms with van der Waals surface area (Å²) < 4.78 is 1.61. The Labute approximate surface area is 104 Å². The molecule has 94 valence electrons. The van der Waals surface area contributed by atoms with Crippen molar-refractivity contribution >= 4 is 11.4 Å². The molecule has 0 aliphatic heterocycles. The number of aromatic nitrogens is 3. The van der Waals surface area contributed by atoms with Gasteiger partial charge in [0.25, 0.3) is 5.91 Å². The molecule has 0 aromatic carbocycles. The van der Waals surface area contributed by atoms with Gasteiger partial charge in [0, 0.05) is 12.4 Å². The molecule has 2 aromatic heterocycles. The van der Waals surface area contributed by atoms with Gasteiger partial charge in [-0.25, -0.2) is 10.00 Å². The second kappa shape index (κ2) is 4.73. The van der Waals surface area contributed by atoms with Crippen LogP contribution in [-0.4, -0.2) is 26.6 Å². The largest absolute Gasteiger partial charge is 0.278 e. The van der Waals surface area contributed by atoms with E-state index in [-0.39, 0.29) is 12.0 Å². The van der Waals surface area contributed by atoms with Crippen LogP contribution in [0.1, 0.15) is 36.0 Å². The van der Waals surface area contributed by atoms with Gasteiger partial charge in [0.2, 0.25) is 0 Å². The molecule has 0 radical (unpaired) electrons. The zero-order valence-corrected chi connectivity index (χ0v) is 9.87. The molecule has 0 atom stereocenters. The summed E-state index contributed by atoms with van der Waals surface area (Å²) in [5.41, 5.74) is 3.64. The average molecular weight is 246 g/mol. The number of rotatable bonds is 3. The van der Waals surface area contributed by atoms with Crippen molar-refractivity contribution in [2.75, 3.05) is 0 Å². The Hall–Kier alpha value is -1.95. The second-order valence-corrected chi connectivity index (χ2v) is 4.42. The first-order valence-electron chi connectivity index (χ1n) is 6.08. The number of amides is 1. The van der Waals surface area contributed by atoms with Crippen LogP contribution in [0.15, 0.2) is 24.8 Å². The van der Waals surface area contributed by atoms with Crippen molar-refractivity contribution in [3.8, 4) is 0 Å². The maximum absolute atomic E-state index is 12.0. The van der Waals surface area contributed by atoms with Crippen LogP contribution in [0.3, 0.4) is 0 Å². The molecule has 2 heterocycles. The van der Waals surface area contributed by atoms with E-state index in [1.165, 1.54) is 19.0 Å². The summed E-state index contributed by atoms with van der Waals surface area (Å²) in [6, 6.07) is 0. The number of carbonyl (C=O) groups excluding carboxylic acids is 1. The second-order valence-electron chi connectivity index (χ2n) is 4.42. The molecule has 18 heavy (non-hydrogen) atoms. The van der Waals surface area contributed by atoms with Crippen LogP contribution in [-0.2, 0) is 4.84 Å². The summed E-state index contributed by atoms with van der Waals surface area (Å²) in [5, 5.41) is 4.08. The fraction of sp³-hybridized carbons (Fsp3) is 0.417. The zero-order chi connectivity index (χ0) is 12.4. The maximum atomic E-state index is 12.0. The smallest absolute Gasteiger partial charge is 0.270 e. The van der Waals surface area contributed by atoms with Gasteiger partial charge < -0.3 is 0 Å². The van der Waals surface area contributed by atoms with Crippen molar-refractivity contribution in [3.05, 3.63) is 30.4 Å². The van der Waals surface area contributed by atoms with Crippen molar-refractivity contribution in [1.82, 2.24) is 20.1 Å². The molecule has 0 spiro atoms. The molecule has 1 saturated carbocycles. The summed E-state index contributed by atoms with van der Waals surface area (Å²) in [6.45, 7) is 0. The molecule has 2 aromatic rings. The Morgan fingerprint density at radius 2 is 2.22 bits per heavy atom. The van der Waals surface area contributed by atoms with E-state index in [4.69, 9.17) is 4.84 Å². The lowest BCUT2D eigenvalue weighted by atomic mass is 10.3. The molecule has 1 N–H and O–H groups in total. The Balaban J connectivity index is 1.71. The van der Waals surface area contributed by atoms with E-state index >= 15 is 0 Å². The predicted molar refractivity (Wildman–Crippen MR) is 63.8 cm³/mol. The lowest BCUT2D eigenvalue weighted by Crippen LogP contribution is -2.28. The number of carbonyl (C=O) groups is 1. The number of hydrogen-bond acceptors (Lipinski definition) is 4. The van der Waals surface area contributed by atoms with Gasteiger partial charge in [-0.1, -0.05) is 12.8 Å². The highest BCUT2D eigenvalue weighted by Gasteiger charge is 2.18. The first-order chi connectivity index (χ1) is 8.84. The molecule has 0 bridgehead atoms. The molecule has 1 aliphatic rings. The van der Waals surface area contributed by atoms with E-state index in [0.717, 1.165) is 12.8 Å². The topological polar surface area (TPSA) is 68.5 Å². The van der Waals surface area contributed by atoms with Gasteiger partial charge in [0.1, 0.15) is 0 Å². The standard InChI is InChI=1S/C12H14N4O2/c17-12(15-18-9-3-1-2-4-9)10-7-14-16-6-5-13-8-11(10)16/h5-9H,1-4H2,(H,15,17). The third kappa shape index (κ3) is 2.06.